The van der Waals surface area contributed by atoms with Gasteiger partial charge in [-0.1, -0.05) is 17.7 Å². The van der Waals surface area contributed by atoms with Gasteiger partial charge in [-0.3, -0.25) is 0 Å². The van der Waals surface area contributed by atoms with Crippen LogP contribution < -0.4 is 14.2 Å². The molecule has 0 bridgehead atoms. The number of hydrogen-bond acceptors (Lipinski definition) is 8. The Bertz CT molecular complexity index is 972. The molecule has 0 saturated carbocycles. The van der Waals surface area contributed by atoms with E-state index >= 15 is 0 Å². The van der Waals surface area contributed by atoms with Crippen LogP contribution in [-0.2, 0) is 4.74 Å². The minimum absolute atomic E-state index is 0.196. The Hall–Kier alpha value is -3.55. The van der Waals surface area contributed by atoms with Crippen molar-refractivity contribution in [3.63, 3.8) is 0 Å². The largest absolute Gasteiger partial charge is 0.493 e. The molecule has 1 heterocycles. The molecular weight excluding hydrogens is 376 g/mol. The van der Waals surface area contributed by atoms with Crippen molar-refractivity contribution in [3.05, 3.63) is 53.4 Å². The number of carbonyl (C=O) groups is 1. The molecule has 0 N–H and O–H groups in total. The van der Waals surface area contributed by atoms with E-state index in [0.717, 1.165) is 11.1 Å². The fourth-order valence-corrected chi connectivity index (χ4v) is 2.69. The fourth-order valence-electron chi connectivity index (χ4n) is 2.69. The molecule has 0 fully saturated rings. The van der Waals surface area contributed by atoms with Crippen LogP contribution in [0.15, 0.2) is 40.8 Å². The third kappa shape index (κ3) is 4.31. The predicted octanol–water partition coefficient (Wildman–Crippen LogP) is 3.99. The Labute approximate surface area is 168 Å². The first-order chi connectivity index (χ1) is 14.0. The number of carbonyl (C=O) groups excluding carboxylic acids is 1. The molecule has 0 amide bonds. The quantitative estimate of drug-likeness (QED) is 0.552. The highest BCUT2D eigenvalue weighted by Gasteiger charge is 2.23. The summed E-state index contributed by atoms with van der Waals surface area (Å²) >= 11 is 0. The zero-order chi connectivity index (χ0) is 21.0. The lowest BCUT2D eigenvalue weighted by Gasteiger charge is -2.14. The number of ether oxygens (including phenoxy) is 4. The average Bonchev–Trinajstić information content (AvgIpc) is 3.23. The summed E-state index contributed by atoms with van der Waals surface area (Å²) in [5.74, 6) is 1.06. The number of benzene rings is 2. The van der Waals surface area contributed by atoms with E-state index in [2.05, 4.69) is 10.2 Å². The zero-order valence-corrected chi connectivity index (χ0v) is 16.9. The number of methoxy groups -OCH3 is 3. The van der Waals surface area contributed by atoms with Gasteiger partial charge in [0, 0.05) is 5.56 Å². The van der Waals surface area contributed by atoms with E-state index in [0.29, 0.717) is 23.1 Å². The van der Waals surface area contributed by atoms with Crippen LogP contribution in [-0.4, -0.2) is 37.5 Å². The van der Waals surface area contributed by atoms with Crippen LogP contribution >= 0.6 is 0 Å². The second kappa shape index (κ2) is 8.64. The molecular formula is C21H22N2O6. The Balaban J connectivity index is 1.78. The third-order valence-corrected chi connectivity index (χ3v) is 4.27. The topological polar surface area (TPSA) is 92.9 Å². The van der Waals surface area contributed by atoms with E-state index < -0.39 is 12.1 Å². The lowest BCUT2D eigenvalue weighted by atomic mass is 10.1. The molecule has 8 heteroatoms. The van der Waals surface area contributed by atoms with Crippen molar-refractivity contribution in [1.29, 1.82) is 0 Å². The normalized spacial score (nSPS) is 11.6. The van der Waals surface area contributed by atoms with Gasteiger partial charge in [-0.05, 0) is 38.1 Å². The van der Waals surface area contributed by atoms with Gasteiger partial charge in [-0.15, -0.1) is 10.2 Å². The summed E-state index contributed by atoms with van der Waals surface area (Å²) in [4.78, 5) is 12.6. The smallest absolute Gasteiger partial charge is 0.339 e. The third-order valence-electron chi connectivity index (χ3n) is 4.27. The first kappa shape index (κ1) is 20.2. The van der Waals surface area contributed by atoms with Crippen LogP contribution in [0.2, 0.25) is 0 Å². The summed E-state index contributed by atoms with van der Waals surface area (Å²) in [6, 6.07) is 10.7. The molecule has 3 rings (SSSR count). The zero-order valence-electron chi connectivity index (χ0n) is 16.9. The van der Waals surface area contributed by atoms with Gasteiger partial charge >= 0.3 is 5.97 Å². The number of esters is 1. The Morgan fingerprint density at radius 2 is 1.59 bits per heavy atom. The first-order valence-corrected chi connectivity index (χ1v) is 8.88. The molecule has 2 aromatic carbocycles. The van der Waals surface area contributed by atoms with Gasteiger partial charge in [-0.2, -0.15) is 0 Å². The maximum atomic E-state index is 12.6. The standard InChI is InChI=1S/C21H22N2O6/c1-12-6-8-14(9-7-12)20-23-22-19(29-20)13(2)28-21(24)15-10-16(25-3)18(27-5)17(11-15)26-4/h6-11,13H,1-5H3/t13-/m1/s1. The number of aromatic nitrogens is 2. The van der Waals surface area contributed by atoms with Crippen molar-refractivity contribution >= 4 is 5.97 Å². The molecule has 0 aliphatic heterocycles. The van der Waals surface area contributed by atoms with E-state index in [4.69, 9.17) is 23.4 Å². The van der Waals surface area contributed by atoms with Crippen LogP contribution in [0.4, 0.5) is 0 Å². The van der Waals surface area contributed by atoms with Crippen molar-refractivity contribution in [3.8, 4) is 28.7 Å². The Morgan fingerprint density at radius 1 is 0.966 bits per heavy atom. The second-order valence-corrected chi connectivity index (χ2v) is 6.27. The molecule has 0 radical (unpaired) electrons. The highest BCUT2D eigenvalue weighted by molar-refractivity contribution is 5.91. The summed E-state index contributed by atoms with van der Waals surface area (Å²) in [6.07, 6.45) is -0.742. The maximum Gasteiger partial charge on any atom is 0.339 e. The van der Waals surface area contributed by atoms with Gasteiger partial charge in [-0.25, -0.2) is 4.79 Å². The second-order valence-electron chi connectivity index (χ2n) is 6.27. The molecule has 0 saturated heterocycles. The van der Waals surface area contributed by atoms with E-state index in [1.54, 1.807) is 6.92 Å². The Morgan fingerprint density at radius 3 is 2.14 bits per heavy atom. The maximum absolute atomic E-state index is 12.6. The summed E-state index contributed by atoms with van der Waals surface area (Å²) < 4.78 is 26.9. The highest BCUT2D eigenvalue weighted by atomic mass is 16.6. The summed E-state index contributed by atoms with van der Waals surface area (Å²) in [7, 11) is 4.43. The summed E-state index contributed by atoms with van der Waals surface area (Å²) in [5.41, 5.74) is 2.16. The lowest BCUT2D eigenvalue weighted by Crippen LogP contribution is -2.10. The molecule has 152 valence electrons. The summed E-state index contributed by atoms with van der Waals surface area (Å²) in [5, 5.41) is 8.02. The van der Waals surface area contributed by atoms with Gasteiger partial charge in [0.2, 0.25) is 11.6 Å². The van der Waals surface area contributed by atoms with Gasteiger partial charge in [0.15, 0.2) is 17.6 Å². The van der Waals surface area contributed by atoms with Crippen LogP contribution in [0.3, 0.4) is 0 Å². The van der Waals surface area contributed by atoms with Crippen LogP contribution in [0.5, 0.6) is 17.2 Å². The molecule has 29 heavy (non-hydrogen) atoms. The molecule has 1 atom stereocenters. The van der Waals surface area contributed by atoms with Crippen LogP contribution in [0.1, 0.15) is 34.8 Å². The van der Waals surface area contributed by atoms with Crippen molar-refractivity contribution in [2.24, 2.45) is 0 Å². The fraction of sp³-hybridized carbons (Fsp3) is 0.286. The average molecular weight is 398 g/mol. The van der Waals surface area contributed by atoms with Gasteiger partial charge in [0.05, 0.1) is 26.9 Å². The molecule has 3 aromatic rings. The number of hydrogen-bond donors (Lipinski definition) is 0. The molecule has 0 aliphatic rings. The van der Waals surface area contributed by atoms with Crippen molar-refractivity contribution in [1.82, 2.24) is 10.2 Å². The predicted molar refractivity (Wildman–Crippen MR) is 104 cm³/mol. The SMILES string of the molecule is COc1cc(C(=O)O[C@H](C)c2nnc(-c3ccc(C)cc3)o2)cc(OC)c1OC. The molecule has 0 unspecified atom stereocenters. The summed E-state index contributed by atoms with van der Waals surface area (Å²) in [6.45, 7) is 3.65. The highest BCUT2D eigenvalue weighted by Crippen LogP contribution is 2.38. The molecule has 8 nitrogen and oxygen atoms in total. The van der Waals surface area contributed by atoms with Crippen LogP contribution in [0.25, 0.3) is 11.5 Å². The number of nitrogens with zero attached hydrogens (tertiary/aromatic N) is 2. The molecule has 0 aliphatic carbocycles. The van der Waals surface area contributed by atoms with E-state index in [-0.39, 0.29) is 11.5 Å². The lowest BCUT2D eigenvalue weighted by molar-refractivity contribution is 0.0279. The van der Waals surface area contributed by atoms with Crippen molar-refractivity contribution in [2.75, 3.05) is 21.3 Å². The van der Waals surface area contributed by atoms with Gasteiger partial charge < -0.3 is 23.4 Å². The Kier molecular flexibility index (Phi) is 6.01. The first-order valence-electron chi connectivity index (χ1n) is 8.88. The molecule has 1 aromatic heterocycles. The number of aryl methyl sites for hydroxylation is 1. The number of rotatable bonds is 7. The molecule has 0 spiro atoms. The monoisotopic (exact) mass is 398 g/mol. The minimum atomic E-state index is -0.742. The van der Waals surface area contributed by atoms with E-state index in [1.807, 2.05) is 31.2 Å². The van der Waals surface area contributed by atoms with Crippen molar-refractivity contribution < 1.29 is 28.2 Å². The minimum Gasteiger partial charge on any atom is -0.493 e. The van der Waals surface area contributed by atoms with E-state index in [1.165, 1.54) is 33.5 Å². The van der Waals surface area contributed by atoms with Gasteiger partial charge in [0.25, 0.3) is 5.89 Å². The van der Waals surface area contributed by atoms with Crippen LogP contribution in [0, 0.1) is 6.92 Å². The van der Waals surface area contributed by atoms with Crippen molar-refractivity contribution in [2.45, 2.75) is 20.0 Å². The van der Waals surface area contributed by atoms with Gasteiger partial charge in [0.1, 0.15) is 0 Å². The van der Waals surface area contributed by atoms with E-state index in [9.17, 15) is 4.79 Å².